The lowest BCUT2D eigenvalue weighted by molar-refractivity contribution is -0.384. The number of benzene rings is 2. The summed E-state index contributed by atoms with van der Waals surface area (Å²) in [6.45, 7) is 1.43. The maximum Gasteiger partial charge on any atom is 0.374 e. The fourth-order valence-electron chi connectivity index (χ4n) is 2.53. The Morgan fingerprint density at radius 2 is 2.00 bits per heavy atom. The van der Waals surface area contributed by atoms with Crippen molar-refractivity contribution in [2.45, 2.75) is 6.92 Å². The molecule has 0 aliphatic carbocycles. The van der Waals surface area contributed by atoms with Gasteiger partial charge in [0.25, 0.3) is 11.6 Å². The second-order valence-corrected chi connectivity index (χ2v) is 6.22. The Hall–Kier alpha value is -3.59. The number of amides is 1. The van der Waals surface area contributed by atoms with Crippen LogP contribution in [0.4, 0.5) is 11.4 Å². The number of rotatable bonds is 7. The average Bonchev–Trinajstić information content (AvgIpc) is 3.10. The van der Waals surface area contributed by atoms with E-state index in [1.165, 1.54) is 24.3 Å². The topological polar surface area (TPSA) is 121 Å². The number of hydrogen-bond donors (Lipinski definition) is 1. The van der Waals surface area contributed by atoms with Crippen LogP contribution in [0.25, 0.3) is 11.0 Å². The Bertz CT molecular complexity index is 1090. The van der Waals surface area contributed by atoms with Crippen molar-refractivity contribution in [3.63, 3.8) is 0 Å². The predicted octanol–water partition coefficient (Wildman–Crippen LogP) is 4.19. The van der Waals surface area contributed by atoms with Crippen LogP contribution < -0.4 is 10.1 Å². The summed E-state index contributed by atoms with van der Waals surface area (Å²) in [6, 6.07) is 10.3. The molecule has 1 aromatic heterocycles. The summed E-state index contributed by atoms with van der Waals surface area (Å²) in [5.74, 6) is -1.39. The number of nitrogens with zero attached hydrogens (tertiary/aromatic N) is 1. The highest BCUT2D eigenvalue weighted by molar-refractivity contribution is 6.31. The Morgan fingerprint density at radius 1 is 1.21 bits per heavy atom. The first kappa shape index (κ1) is 20.2. The minimum atomic E-state index is -0.853. The fraction of sp³-hybridized carbons (Fsp3) is 0.158. The zero-order valence-electron chi connectivity index (χ0n) is 15.1. The van der Waals surface area contributed by atoms with Gasteiger partial charge in [-0.05, 0) is 43.3 Å². The van der Waals surface area contributed by atoms with Gasteiger partial charge in [-0.3, -0.25) is 14.9 Å². The molecule has 0 saturated heterocycles. The van der Waals surface area contributed by atoms with E-state index in [0.29, 0.717) is 28.3 Å². The van der Waals surface area contributed by atoms with E-state index < -0.39 is 23.4 Å². The Balaban J connectivity index is 1.64. The molecule has 0 spiro atoms. The normalized spacial score (nSPS) is 10.6. The summed E-state index contributed by atoms with van der Waals surface area (Å²) in [6.07, 6.45) is 0. The van der Waals surface area contributed by atoms with Crippen LogP contribution in [0, 0.1) is 10.1 Å². The largest absolute Gasteiger partial charge is 0.494 e. The van der Waals surface area contributed by atoms with Crippen LogP contribution in [0.1, 0.15) is 17.5 Å². The minimum Gasteiger partial charge on any atom is -0.494 e. The second kappa shape index (κ2) is 8.61. The summed E-state index contributed by atoms with van der Waals surface area (Å²) in [7, 11) is 0. The standard InChI is InChI=1S/C19H15ClN2O7/c1-2-27-13-4-5-14(15(9-13)22(25)26)21-18(23)10-28-19(24)17-8-11-7-12(20)3-6-16(11)29-17/h3-9H,2,10H2,1H3,(H,21,23). The van der Waals surface area contributed by atoms with Crippen LogP contribution in [0.15, 0.2) is 46.9 Å². The molecule has 0 atom stereocenters. The van der Waals surface area contributed by atoms with Crippen molar-refractivity contribution >= 4 is 45.8 Å². The molecule has 3 rings (SSSR count). The van der Waals surface area contributed by atoms with Gasteiger partial charge in [0.1, 0.15) is 17.0 Å². The molecule has 29 heavy (non-hydrogen) atoms. The number of furan rings is 1. The molecular weight excluding hydrogens is 404 g/mol. The van der Waals surface area contributed by atoms with E-state index in [-0.39, 0.29) is 17.1 Å². The molecule has 0 unspecified atom stereocenters. The first-order chi connectivity index (χ1) is 13.9. The van der Waals surface area contributed by atoms with Crippen molar-refractivity contribution in [2.75, 3.05) is 18.5 Å². The van der Waals surface area contributed by atoms with Crippen LogP contribution in [0.5, 0.6) is 5.75 Å². The van der Waals surface area contributed by atoms with Gasteiger partial charge in [0.15, 0.2) is 6.61 Å². The maximum absolute atomic E-state index is 12.1. The molecule has 0 aliphatic heterocycles. The zero-order chi connectivity index (χ0) is 21.0. The summed E-state index contributed by atoms with van der Waals surface area (Å²) in [5, 5.41) is 14.6. The smallest absolute Gasteiger partial charge is 0.374 e. The Morgan fingerprint density at radius 3 is 2.72 bits per heavy atom. The highest BCUT2D eigenvalue weighted by atomic mass is 35.5. The van der Waals surface area contributed by atoms with Crippen molar-refractivity contribution in [1.29, 1.82) is 0 Å². The quantitative estimate of drug-likeness (QED) is 0.347. The molecule has 0 bridgehead atoms. The van der Waals surface area contributed by atoms with Gasteiger partial charge in [-0.1, -0.05) is 11.6 Å². The predicted molar refractivity (Wildman–Crippen MR) is 104 cm³/mol. The number of nitro groups is 1. The Kier molecular flexibility index (Phi) is 5.99. The Labute approximate surface area is 169 Å². The summed E-state index contributed by atoms with van der Waals surface area (Å²) in [4.78, 5) is 34.7. The highest BCUT2D eigenvalue weighted by Crippen LogP contribution is 2.29. The van der Waals surface area contributed by atoms with Crippen LogP contribution in [-0.2, 0) is 9.53 Å². The van der Waals surface area contributed by atoms with Gasteiger partial charge in [0.2, 0.25) is 5.76 Å². The number of carbonyl (C=O) groups is 2. The van der Waals surface area contributed by atoms with Crippen LogP contribution in [-0.4, -0.2) is 30.0 Å². The van der Waals surface area contributed by atoms with E-state index >= 15 is 0 Å². The number of ether oxygens (including phenoxy) is 2. The minimum absolute atomic E-state index is 0.0436. The van der Waals surface area contributed by atoms with E-state index in [0.717, 1.165) is 0 Å². The van der Waals surface area contributed by atoms with Gasteiger partial charge in [0, 0.05) is 10.4 Å². The SMILES string of the molecule is CCOc1ccc(NC(=O)COC(=O)c2cc3cc(Cl)ccc3o2)c([N+](=O)[O-])c1. The summed E-state index contributed by atoms with van der Waals surface area (Å²) < 4.78 is 15.5. The van der Waals surface area contributed by atoms with E-state index in [4.69, 9.17) is 25.5 Å². The number of fused-ring (bicyclic) bond motifs is 1. The molecule has 10 heteroatoms. The van der Waals surface area contributed by atoms with Crippen LogP contribution in [0.3, 0.4) is 0 Å². The van der Waals surface area contributed by atoms with Gasteiger partial charge in [-0.15, -0.1) is 0 Å². The van der Waals surface area contributed by atoms with Gasteiger partial charge < -0.3 is 19.2 Å². The number of esters is 1. The summed E-state index contributed by atoms with van der Waals surface area (Å²) in [5.41, 5.74) is 0.0542. The molecule has 0 fully saturated rings. The third-order valence-electron chi connectivity index (χ3n) is 3.76. The number of nitro benzene ring substituents is 1. The lowest BCUT2D eigenvalue weighted by Crippen LogP contribution is -2.21. The lowest BCUT2D eigenvalue weighted by atomic mass is 10.2. The second-order valence-electron chi connectivity index (χ2n) is 5.79. The first-order valence-electron chi connectivity index (χ1n) is 8.44. The molecular formula is C19H15ClN2O7. The third-order valence-corrected chi connectivity index (χ3v) is 4.00. The van der Waals surface area contributed by atoms with Crippen molar-refractivity contribution in [2.24, 2.45) is 0 Å². The van der Waals surface area contributed by atoms with E-state index in [2.05, 4.69) is 5.32 Å². The van der Waals surface area contributed by atoms with Gasteiger partial charge in [0.05, 0.1) is 17.6 Å². The van der Waals surface area contributed by atoms with Crippen molar-refractivity contribution in [1.82, 2.24) is 0 Å². The molecule has 0 saturated carbocycles. The molecule has 1 N–H and O–H groups in total. The zero-order valence-corrected chi connectivity index (χ0v) is 15.9. The van der Waals surface area contributed by atoms with Crippen LogP contribution in [0.2, 0.25) is 5.02 Å². The number of hydrogen-bond acceptors (Lipinski definition) is 7. The average molecular weight is 419 g/mol. The molecule has 0 radical (unpaired) electrons. The van der Waals surface area contributed by atoms with E-state index in [9.17, 15) is 19.7 Å². The molecule has 2 aromatic carbocycles. The first-order valence-corrected chi connectivity index (χ1v) is 8.82. The molecule has 3 aromatic rings. The highest BCUT2D eigenvalue weighted by Gasteiger charge is 2.19. The third kappa shape index (κ3) is 4.82. The van der Waals surface area contributed by atoms with Gasteiger partial charge in [-0.25, -0.2) is 4.79 Å². The maximum atomic E-state index is 12.1. The van der Waals surface area contributed by atoms with Crippen molar-refractivity contribution in [3.05, 3.63) is 63.4 Å². The molecule has 9 nitrogen and oxygen atoms in total. The molecule has 150 valence electrons. The van der Waals surface area contributed by atoms with Gasteiger partial charge in [-0.2, -0.15) is 0 Å². The molecule has 1 amide bonds. The van der Waals surface area contributed by atoms with Crippen molar-refractivity contribution < 1.29 is 28.4 Å². The van der Waals surface area contributed by atoms with E-state index in [1.54, 1.807) is 25.1 Å². The number of carbonyl (C=O) groups excluding carboxylic acids is 2. The van der Waals surface area contributed by atoms with Crippen LogP contribution >= 0.6 is 11.6 Å². The number of halogens is 1. The number of anilines is 1. The summed E-state index contributed by atoms with van der Waals surface area (Å²) >= 11 is 5.88. The molecule has 0 aliphatic rings. The lowest BCUT2D eigenvalue weighted by Gasteiger charge is -2.08. The number of nitrogens with one attached hydrogen (secondary N) is 1. The molecule has 1 heterocycles. The van der Waals surface area contributed by atoms with E-state index in [1.807, 2.05) is 0 Å². The monoisotopic (exact) mass is 418 g/mol. The fourth-order valence-corrected chi connectivity index (χ4v) is 2.71. The van der Waals surface area contributed by atoms with Crippen molar-refractivity contribution in [3.8, 4) is 5.75 Å². The van der Waals surface area contributed by atoms with Gasteiger partial charge >= 0.3 is 5.97 Å².